The molecular formula is C18H23FN4O. The molecule has 2 aliphatic rings. The van der Waals surface area contributed by atoms with Crippen LogP contribution in [0.5, 0.6) is 0 Å². The van der Waals surface area contributed by atoms with E-state index in [4.69, 9.17) is 4.52 Å². The van der Waals surface area contributed by atoms with Crippen molar-refractivity contribution in [1.82, 2.24) is 20.4 Å². The van der Waals surface area contributed by atoms with Crippen molar-refractivity contribution in [2.45, 2.75) is 44.4 Å². The highest BCUT2D eigenvalue weighted by molar-refractivity contribution is 5.55. The second-order valence-corrected chi connectivity index (χ2v) is 6.79. The van der Waals surface area contributed by atoms with Gasteiger partial charge in [-0.2, -0.15) is 4.98 Å². The van der Waals surface area contributed by atoms with Crippen LogP contribution < -0.4 is 5.32 Å². The fourth-order valence-corrected chi connectivity index (χ4v) is 3.56. The summed E-state index contributed by atoms with van der Waals surface area (Å²) in [6, 6.07) is 8.14. The van der Waals surface area contributed by atoms with Gasteiger partial charge >= 0.3 is 0 Å². The third kappa shape index (κ3) is 3.49. The minimum absolute atomic E-state index is 0.169. The smallest absolute Gasteiger partial charge is 0.244 e. The van der Waals surface area contributed by atoms with Crippen LogP contribution in [-0.4, -0.2) is 40.8 Å². The first-order chi connectivity index (χ1) is 11.8. The van der Waals surface area contributed by atoms with Crippen LogP contribution in [0, 0.1) is 0 Å². The van der Waals surface area contributed by atoms with Gasteiger partial charge in [-0.25, -0.2) is 4.39 Å². The number of piperidine rings is 1. The molecule has 0 aliphatic carbocycles. The fraction of sp³-hybridized carbons (Fsp3) is 0.556. The van der Waals surface area contributed by atoms with Crippen LogP contribution in [0.2, 0.25) is 0 Å². The summed E-state index contributed by atoms with van der Waals surface area (Å²) in [5, 5.41) is 7.16. The van der Waals surface area contributed by atoms with Crippen LogP contribution >= 0.6 is 0 Å². The number of benzene rings is 1. The van der Waals surface area contributed by atoms with E-state index in [-0.39, 0.29) is 6.04 Å². The first-order valence-electron chi connectivity index (χ1n) is 8.80. The third-order valence-corrected chi connectivity index (χ3v) is 4.86. The molecule has 2 atom stereocenters. The summed E-state index contributed by atoms with van der Waals surface area (Å²) in [7, 11) is 0. The van der Waals surface area contributed by atoms with Crippen LogP contribution in [-0.2, 0) is 6.54 Å². The number of halogens is 1. The zero-order valence-electron chi connectivity index (χ0n) is 13.7. The maximum absolute atomic E-state index is 13.3. The maximum Gasteiger partial charge on any atom is 0.244 e. The summed E-state index contributed by atoms with van der Waals surface area (Å²) in [4.78, 5) is 6.96. The van der Waals surface area contributed by atoms with E-state index in [0.717, 1.165) is 12.1 Å². The van der Waals surface area contributed by atoms with E-state index in [1.54, 1.807) is 0 Å². The van der Waals surface area contributed by atoms with E-state index >= 15 is 0 Å². The van der Waals surface area contributed by atoms with Crippen LogP contribution in [0.4, 0.5) is 4.39 Å². The van der Waals surface area contributed by atoms with Gasteiger partial charge in [-0.1, -0.05) is 29.8 Å². The van der Waals surface area contributed by atoms with Crippen LogP contribution in [0.1, 0.15) is 43.2 Å². The molecule has 2 aliphatic heterocycles. The lowest BCUT2D eigenvalue weighted by molar-refractivity contribution is 0.221. The Balaban J connectivity index is 1.48. The number of nitrogens with one attached hydrogen (secondary N) is 1. The fourth-order valence-electron chi connectivity index (χ4n) is 3.56. The molecule has 1 aromatic heterocycles. The Labute approximate surface area is 141 Å². The molecule has 0 spiro atoms. The summed E-state index contributed by atoms with van der Waals surface area (Å²) in [6.07, 6.45) is 3.49. The topological polar surface area (TPSA) is 54.2 Å². The minimum atomic E-state index is -0.835. The quantitative estimate of drug-likeness (QED) is 0.933. The van der Waals surface area contributed by atoms with Gasteiger partial charge in [0.25, 0.3) is 0 Å². The standard InChI is InChI=1S/C18H23FN4O/c19-15-10-16(20-11-15)18-21-17(22-24-18)14-6-4-5-13(9-14)12-23-7-2-1-3-8-23/h4-6,9,15-16,20H,1-3,7-8,10-12H2/t15-,16+/m0/s1. The van der Waals surface area contributed by atoms with Gasteiger partial charge < -0.3 is 9.84 Å². The Morgan fingerprint density at radius 1 is 1.25 bits per heavy atom. The Hall–Kier alpha value is -1.79. The lowest BCUT2D eigenvalue weighted by atomic mass is 10.1. The number of alkyl halides is 1. The van der Waals surface area contributed by atoms with Crippen molar-refractivity contribution in [3.63, 3.8) is 0 Å². The SMILES string of the molecule is F[C@@H]1CN[C@@H](c2nc(-c3cccc(CN4CCCCC4)c3)no2)C1. The normalized spacial score (nSPS) is 25.2. The Bertz CT molecular complexity index is 683. The summed E-state index contributed by atoms with van der Waals surface area (Å²) in [6.45, 7) is 3.67. The van der Waals surface area contributed by atoms with E-state index in [2.05, 4.69) is 32.5 Å². The molecule has 0 unspecified atom stereocenters. The lowest BCUT2D eigenvalue weighted by Gasteiger charge is -2.26. The summed E-state index contributed by atoms with van der Waals surface area (Å²) in [5.41, 5.74) is 2.22. The molecule has 4 rings (SSSR count). The summed E-state index contributed by atoms with van der Waals surface area (Å²) < 4.78 is 18.6. The van der Waals surface area contributed by atoms with Crippen molar-refractivity contribution < 1.29 is 8.91 Å². The molecule has 1 N–H and O–H groups in total. The highest BCUT2D eigenvalue weighted by Crippen LogP contribution is 2.26. The summed E-state index contributed by atoms with van der Waals surface area (Å²) in [5.74, 6) is 1.06. The van der Waals surface area contributed by atoms with Gasteiger partial charge in [0, 0.05) is 25.1 Å². The highest BCUT2D eigenvalue weighted by atomic mass is 19.1. The second kappa shape index (κ2) is 6.99. The zero-order valence-corrected chi connectivity index (χ0v) is 13.7. The van der Waals surface area contributed by atoms with E-state index in [9.17, 15) is 4.39 Å². The lowest BCUT2D eigenvalue weighted by Crippen LogP contribution is -2.29. The largest absolute Gasteiger partial charge is 0.337 e. The minimum Gasteiger partial charge on any atom is -0.337 e. The molecule has 6 heteroatoms. The number of hydrogen-bond donors (Lipinski definition) is 1. The van der Waals surface area contributed by atoms with Gasteiger partial charge in [-0.15, -0.1) is 0 Å². The van der Waals surface area contributed by atoms with Crippen molar-refractivity contribution in [3.05, 3.63) is 35.7 Å². The first-order valence-corrected chi connectivity index (χ1v) is 8.80. The van der Waals surface area contributed by atoms with E-state index < -0.39 is 6.17 Å². The van der Waals surface area contributed by atoms with Gasteiger partial charge in [0.05, 0.1) is 6.04 Å². The Morgan fingerprint density at radius 3 is 2.92 bits per heavy atom. The van der Waals surface area contributed by atoms with Crippen molar-refractivity contribution in [3.8, 4) is 11.4 Å². The molecule has 0 saturated carbocycles. The molecule has 24 heavy (non-hydrogen) atoms. The molecule has 0 radical (unpaired) electrons. The third-order valence-electron chi connectivity index (χ3n) is 4.86. The molecule has 2 aromatic rings. The molecule has 5 nitrogen and oxygen atoms in total. The molecule has 0 amide bonds. The maximum atomic E-state index is 13.3. The van der Waals surface area contributed by atoms with Crippen molar-refractivity contribution >= 4 is 0 Å². The van der Waals surface area contributed by atoms with E-state index in [1.807, 2.05) is 12.1 Å². The van der Waals surface area contributed by atoms with Gasteiger partial charge in [0.15, 0.2) is 0 Å². The molecule has 3 heterocycles. The van der Waals surface area contributed by atoms with Gasteiger partial charge in [-0.3, -0.25) is 4.90 Å². The number of hydrogen-bond acceptors (Lipinski definition) is 5. The number of likely N-dealkylation sites (tertiary alicyclic amines) is 1. The van der Waals surface area contributed by atoms with E-state index in [1.165, 1.54) is 37.9 Å². The van der Waals surface area contributed by atoms with Gasteiger partial charge in [0.1, 0.15) is 6.17 Å². The summed E-state index contributed by atoms with van der Waals surface area (Å²) >= 11 is 0. The number of rotatable bonds is 4. The van der Waals surface area contributed by atoms with Crippen LogP contribution in [0.3, 0.4) is 0 Å². The average Bonchev–Trinajstić information content (AvgIpc) is 3.25. The Morgan fingerprint density at radius 2 is 2.12 bits per heavy atom. The van der Waals surface area contributed by atoms with Crippen molar-refractivity contribution in [2.24, 2.45) is 0 Å². The number of nitrogens with zero attached hydrogens (tertiary/aromatic N) is 3. The predicted octanol–water partition coefficient (Wildman–Crippen LogP) is 3.10. The van der Waals surface area contributed by atoms with Crippen molar-refractivity contribution in [1.29, 1.82) is 0 Å². The first kappa shape index (κ1) is 15.7. The average molecular weight is 330 g/mol. The molecule has 128 valence electrons. The second-order valence-electron chi connectivity index (χ2n) is 6.79. The van der Waals surface area contributed by atoms with Crippen LogP contribution in [0.15, 0.2) is 28.8 Å². The highest BCUT2D eigenvalue weighted by Gasteiger charge is 2.29. The zero-order chi connectivity index (χ0) is 16.4. The molecule has 2 saturated heterocycles. The van der Waals surface area contributed by atoms with Gasteiger partial charge in [-0.05, 0) is 37.6 Å². The monoisotopic (exact) mass is 330 g/mol. The predicted molar refractivity (Wildman–Crippen MR) is 89.1 cm³/mol. The molecular weight excluding hydrogens is 307 g/mol. The number of aromatic nitrogens is 2. The molecule has 1 aromatic carbocycles. The van der Waals surface area contributed by atoms with E-state index in [0.29, 0.717) is 24.7 Å². The molecule has 2 fully saturated rings. The van der Waals surface area contributed by atoms with Crippen LogP contribution in [0.25, 0.3) is 11.4 Å². The Kier molecular flexibility index (Phi) is 4.58. The molecule has 0 bridgehead atoms. The van der Waals surface area contributed by atoms with Crippen molar-refractivity contribution in [2.75, 3.05) is 19.6 Å². The van der Waals surface area contributed by atoms with Gasteiger partial charge in [0.2, 0.25) is 11.7 Å².